The number of halogens is 2. The van der Waals surface area contributed by atoms with Crippen molar-refractivity contribution in [2.24, 2.45) is 0 Å². The molecular formula is C21H17F2N5. The van der Waals surface area contributed by atoms with Gasteiger partial charge in [0.05, 0.1) is 17.9 Å². The van der Waals surface area contributed by atoms with Gasteiger partial charge in [-0.1, -0.05) is 18.2 Å². The van der Waals surface area contributed by atoms with Crippen LogP contribution in [0.25, 0.3) is 17.0 Å². The Kier molecular flexibility index (Phi) is 4.00. The van der Waals surface area contributed by atoms with E-state index in [1.165, 1.54) is 12.1 Å². The Balaban J connectivity index is 1.57. The molecule has 4 aromatic rings. The molecule has 0 saturated carbocycles. The second-order valence-corrected chi connectivity index (χ2v) is 6.86. The van der Waals surface area contributed by atoms with Crippen LogP contribution < -0.4 is 4.90 Å². The second kappa shape index (κ2) is 6.67. The minimum Gasteiger partial charge on any atom is -0.348 e. The average Bonchev–Trinajstić information content (AvgIpc) is 3.34. The van der Waals surface area contributed by atoms with Crippen molar-refractivity contribution in [2.45, 2.75) is 18.9 Å². The number of aromatic nitrogens is 4. The lowest BCUT2D eigenvalue weighted by Crippen LogP contribution is -2.24. The fraction of sp³-hybridized carbons (Fsp3) is 0.190. The number of anilines is 1. The van der Waals surface area contributed by atoms with Crippen molar-refractivity contribution in [1.29, 1.82) is 0 Å². The first-order valence-electron chi connectivity index (χ1n) is 9.19. The third-order valence-electron chi connectivity index (χ3n) is 5.11. The first-order valence-corrected chi connectivity index (χ1v) is 9.19. The Labute approximate surface area is 160 Å². The Bertz CT molecular complexity index is 1160. The molecule has 0 aliphatic carbocycles. The van der Waals surface area contributed by atoms with E-state index in [0.29, 0.717) is 17.0 Å². The quantitative estimate of drug-likeness (QED) is 0.496. The number of benzene rings is 1. The van der Waals surface area contributed by atoms with Crippen LogP contribution >= 0.6 is 0 Å². The molecule has 3 aromatic heterocycles. The lowest BCUT2D eigenvalue weighted by molar-refractivity contribution is 0.585. The van der Waals surface area contributed by atoms with E-state index in [9.17, 15) is 8.78 Å². The maximum Gasteiger partial charge on any atom is 0.213 e. The molecule has 140 valence electrons. The minimum atomic E-state index is -0.547. The van der Waals surface area contributed by atoms with Crippen LogP contribution in [0.4, 0.5) is 14.6 Å². The van der Waals surface area contributed by atoms with Crippen LogP contribution in [-0.2, 0) is 0 Å². The zero-order valence-electron chi connectivity index (χ0n) is 15.0. The molecule has 0 unspecified atom stereocenters. The number of rotatable bonds is 3. The van der Waals surface area contributed by atoms with Gasteiger partial charge in [0, 0.05) is 6.54 Å². The van der Waals surface area contributed by atoms with E-state index in [-0.39, 0.29) is 11.9 Å². The van der Waals surface area contributed by atoms with E-state index in [1.807, 2.05) is 18.2 Å². The van der Waals surface area contributed by atoms with E-state index >= 15 is 0 Å². The summed E-state index contributed by atoms with van der Waals surface area (Å²) in [5, 5.41) is 4.75. The zero-order chi connectivity index (χ0) is 19.1. The van der Waals surface area contributed by atoms with E-state index in [1.54, 1.807) is 35.0 Å². The van der Waals surface area contributed by atoms with Crippen molar-refractivity contribution >= 4 is 11.5 Å². The van der Waals surface area contributed by atoms with E-state index < -0.39 is 5.95 Å². The van der Waals surface area contributed by atoms with Gasteiger partial charge in [-0.25, -0.2) is 18.9 Å². The zero-order valence-corrected chi connectivity index (χ0v) is 15.0. The smallest absolute Gasteiger partial charge is 0.213 e. The Morgan fingerprint density at radius 2 is 1.89 bits per heavy atom. The molecule has 1 fully saturated rings. The summed E-state index contributed by atoms with van der Waals surface area (Å²) in [6.07, 6.45) is 3.58. The molecule has 0 N–H and O–H groups in total. The average molecular weight is 377 g/mol. The van der Waals surface area contributed by atoms with E-state index in [0.717, 1.165) is 30.8 Å². The van der Waals surface area contributed by atoms with Crippen molar-refractivity contribution in [3.63, 3.8) is 0 Å². The van der Waals surface area contributed by atoms with Gasteiger partial charge in [-0.15, -0.1) is 5.10 Å². The first-order chi connectivity index (χ1) is 13.7. The second-order valence-electron chi connectivity index (χ2n) is 6.86. The van der Waals surface area contributed by atoms with Gasteiger partial charge in [0.25, 0.3) is 0 Å². The molecular weight excluding hydrogens is 360 g/mol. The Morgan fingerprint density at radius 3 is 2.75 bits per heavy atom. The third kappa shape index (κ3) is 2.89. The van der Waals surface area contributed by atoms with Crippen molar-refractivity contribution in [3.05, 3.63) is 78.1 Å². The molecule has 1 aliphatic rings. The topological polar surface area (TPSA) is 46.3 Å². The Morgan fingerprint density at radius 1 is 1.00 bits per heavy atom. The lowest BCUT2D eigenvalue weighted by atomic mass is 10.0. The van der Waals surface area contributed by atoms with Crippen LogP contribution in [-0.4, -0.2) is 26.1 Å². The Hall–Kier alpha value is -3.35. The molecule has 7 heteroatoms. The van der Waals surface area contributed by atoms with Gasteiger partial charge in [0.2, 0.25) is 5.95 Å². The van der Waals surface area contributed by atoms with E-state index in [4.69, 9.17) is 5.10 Å². The highest BCUT2D eigenvalue weighted by molar-refractivity contribution is 5.60. The predicted octanol–water partition coefficient (Wildman–Crippen LogP) is 4.41. The van der Waals surface area contributed by atoms with Crippen LogP contribution in [0.2, 0.25) is 0 Å². The van der Waals surface area contributed by atoms with Crippen molar-refractivity contribution < 1.29 is 8.78 Å². The maximum absolute atomic E-state index is 13.7. The largest absolute Gasteiger partial charge is 0.348 e. The molecule has 0 spiro atoms. The molecule has 0 amide bonds. The summed E-state index contributed by atoms with van der Waals surface area (Å²) in [4.78, 5) is 10.5. The summed E-state index contributed by atoms with van der Waals surface area (Å²) >= 11 is 0. The monoisotopic (exact) mass is 377 g/mol. The number of hydrogen-bond acceptors (Lipinski definition) is 4. The molecule has 1 aliphatic heterocycles. The number of pyridine rings is 1. The summed E-state index contributed by atoms with van der Waals surface area (Å²) in [5.74, 6) is -0.00827. The molecule has 1 saturated heterocycles. The van der Waals surface area contributed by atoms with Crippen LogP contribution in [0, 0.1) is 11.8 Å². The molecule has 5 nitrogen and oxygen atoms in total. The van der Waals surface area contributed by atoms with Crippen LogP contribution in [0.5, 0.6) is 0 Å². The summed E-state index contributed by atoms with van der Waals surface area (Å²) in [6, 6.07) is 15.2. The molecule has 28 heavy (non-hydrogen) atoms. The maximum atomic E-state index is 13.7. The van der Waals surface area contributed by atoms with Gasteiger partial charge < -0.3 is 4.90 Å². The van der Waals surface area contributed by atoms with Crippen LogP contribution in [0.3, 0.4) is 0 Å². The molecule has 0 radical (unpaired) electrons. The number of nitrogens with zero attached hydrogens (tertiary/aromatic N) is 5. The SMILES string of the molecule is Fc1cccc([C@@H]2CCCN2c2ccc3ncc(-c4cccc(F)n4)n3n2)c1. The highest BCUT2D eigenvalue weighted by Crippen LogP contribution is 2.35. The molecule has 0 bridgehead atoms. The van der Waals surface area contributed by atoms with Crippen molar-refractivity contribution in [3.8, 4) is 11.4 Å². The minimum absolute atomic E-state index is 0.0694. The van der Waals surface area contributed by atoms with Gasteiger partial charge in [-0.3, -0.25) is 0 Å². The van der Waals surface area contributed by atoms with Gasteiger partial charge >= 0.3 is 0 Å². The van der Waals surface area contributed by atoms with Gasteiger partial charge in [0.15, 0.2) is 5.65 Å². The summed E-state index contributed by atoms with van der Waals surface area (Å²) in [6.45, 7) is 0.835. The van der Waals surface area contributed by atoms with E-state index in [2.05, 4.69) is 14.9 Å². The first kappa shape index (κ1) is 16.8. The van der Waals surface area contributed by atoms with Gasteiger partial charge in [-0.05, 0) is 54.8 Å². The van der Waals surface area contributed by atoms with Crippen molar-refractivity contribution in [2.75, 3.05) is 11.4 Å². The highest BCUT2D eigenvalue weighted by atomic mass is 19.1. The molecule has 4 heterocycles. The highest BCUT2D eigenvalue weighted by Gasteiger charge is 2.28. The molecule has 1 aromatic carbocycles. The molecule has 1 atom stereocenters. The number of fused-ring (bicyclic) bond motifs is 1. The van der Waals surface area contributed by atoms with Crippen LogP contribution in [0.1, 0.15) is 24.4 Å². The lowest BCUT2D eigenvalue weighted by Gasteiger charge is -2.26. The summed E-state index contributed by atoms with van der Waals surface area (Å²) in [5.41, 5.74) is 2.70. The number of imidazole rings is 1. The third-order valence-corrected chi connectivity index (χ3v) is 5.11. The van der Waals surface area contributed by atoms with Gasteiger partial charge in [0.1, 0.15) is 17.3 Å². The summed E-state index contributed by atoms with van der Waals surface area (Å²) in [7, 11) is 0. The summed E-state index contributed by atoms with van der Waals surface area (Å²) < 4.78 is 28.9. The number of hydrogen-bond donors (Lipinski definition) is 0. The predicted molar refractivity (Wildman–Crippen MR) is 102 cm³/mol. The van der Waals surface area contributed by atoms with Crippen LogP contribution in [0.15, 0.2) is 60.8 Å². The van der Waals surface area contributed by atoms with Crippen molar-refractivity contribution in [1.82, 2.24) is 19.6 Å². The fourth-order valence-electron chi connectivity index (χ4n) is 3.84. The molecule has 5 rings (SSSR count). The standard InChI is InChI=1S/C21H17F2N5/c22-15-5-1-4-14(12-15)17-7-3-11-27(17)21-10-9-20-24-13-18(28(20)26-21)16-6-2-8-19(23)25-16/h1-2,4-6,8-10,12-13,17H,3,7,11H2/t17-/m0/s1. The fourth-order valence-corrected chi connectivity index (χ4v) is 3.84. The normalized spacial score (nSPS) is 16.8. The van der Waals surface area contributed by atoms with Gasteiger partial charge in [-0.2, -0.15) is 4.39 Å².